The standard InChI is InChI=1S/C22H19NO5/c24-20(17-8-7-15-4-1-2-5-16(15)10-17)14-28-22(26)18-11-21(25)23(12-18)13-19-6-3-9-27-19/h1-10,18H,11-14H2. The average Bonchev–Trinajstić information content (AvgIpc) is 3.36. The number of carbonyl (C=O) groups is 3. The molecule has 0 bridgehead atoms. The molecule has 0 aliphatic carbocycles. The molecule has 2 aromatic carbocycles. The Labute approximate surface area is 161 Å². The number of ketones is 1. The quantitative estimate of drug-likeness (QED) is 0.487. The second kappa shape index (κ2) is 7.68. The zero-order valence-electron chi connectivity index (χ0n) is 15.2. The van der Waals surface area contributed by atoms with Gasteiger partial charge < -0.3 is 14.1 Å². The Kier molecular flexibility index (Phi) is 4.93. The van der Waals surface area contributed by atoms with E-state index in [-0.39, 0.29) is 31.3 Å². The first-order valence-electron chi connectivity index (χ1n) is 9.09. The van der Waals surface area contributed by atoms with Gasteiger partial charge in [-0.15, -0.1) is 0 Å². The molecule has 1 saturated heterocycles. The molecular weight excluding hydrogens is 358 g/mol. The van der Waals surface area contributed by atoms with Crippen LogP contribution in [0.1, 0.15) is 22.5 Å². The summed E-state index contributed by atoms with van der Waals surface area (Å²) in [5.74, 6) is -0.819. The summed E-state index contributed by atoms with van der Waals surface area (Å²) >= 11 is 0. The predicted molar refractivity (Wildman–Crippen MR) is 101 cm³/mol. The lowest BCUT2D eigenvalue weighted by Gasteiger charge is -2.14. The Morgan fingerprint density at radius 2 is 1.89 bits per heavy atom. The number of Topliss-reactive ketones (excluding diaryl/α,β-unsaturated/α-hetero) is 1. The van der Waals surface area contributed by atoms with Crippen LogP contribution >= 0.6 is 0 Å². The molecule has 0 radical (unpaired) electrons. The minimum absolute atomic E-state index is 0.0870. The summed E-state index contributed by atoms with van der Waals surface area (Å²) in [5.41, 5.74) is 0.494. The number of furan rings is 1. The maximum absolute atomic E-state index is 12.4. The van der Waals surface area contributed by atoms with E-state index < -0.39 is 11.9 Å². The van der Waals surface area contributed by atoms with E-state index in [1.165, 1.54) is 0 Å². The summed E-state index contributed by atoms with van der Waals surface area (Å²) in [6.07, 6.45) is 1.63. The Morgan fingerprint density at radius 1 is 1.07 bits per heavy atom. The first-order valence-corrected chi connectivity index (χ1v) is 9.09. The number of carbonyl (C=O) groups excluding carboxylic acids is 3. The molecular formula is C22H19NO5. The third kappa shape index (κ3) is 3.81. The highest BCUT2D eigenvalue weighted by Crippen LogP contribution is 2.22. The van der Waals surface area contributed by atoms with E-state index >= 15 is 0 Å². The van der Waals surface area contributed by atoms with Crippen LogP contribution in [0, 0.1) is 5.92 Å². The Bertz CT molecular complexity index is 1020. The first kappa shape index (κ1) is 18.0. The van der Waals surface area contributed by atoms with Crippen LogP contribution in [0.4, 0.5) is 0 Å². The summed E-state index contributed by atoms with van der Waals surface area (Å²) in [5, 5.41) is 1.99. The van der Waals surface area contributed by atoms with Gasteiger partial charge in [0.1, 0.15) is 5.76 Å². The van der Waals surface area contributed by atoms with Gasteiger partial charge in [-0.25, -0.2) is 0 Å². The van der Waals surface area contributed by atoms with Gasteiger partial charge >= 0.3 is 5.97 Å². The largest absolute Gasteiger partial charge is 0.467 e. The number of fused-ring (bicyclic) bond motifs is 1. The molecule has 1 atom stereocenters. The second-order valence-corrected chi connectivity index (χ2v) is 6.85. The highest BCUT2D eigenvalue weighted by atomic mass is 16.5. The van der Waals surface area contributed by atoms with Crippen LogP contribution in [0.2, 0.25) is 0 Å². The summed E-state index contributed by atoms with van der Waals surface area (Å²) in [6, 6.07) is 16.6. The van der Waals surface area contributed by atoms with Crippen LogP contribution in [0.5, 0.6) is 0 Å². The molecule has 1 amide bonds. The number of hydrogen-bond acceptors (Lipinski definition) is 5. The number of nitrogens with zero attached hydrogens (tertiary/aromatic N) is 1. The summed E-state index contributed by atoms with van der Waals surface area (Å²) < 4.78 is 10.4. The number of benzene rings is 2. The normalized spacial score (nSPS) is 16.5. The molecule has 142 valence electrons. The molecule has 6 heteroatoms. The van der Waals surface area contributed by atoms with Gasteiger partial charge in [0.2, 0.25) is 5.91 Å². The molecule has 1 aliphatic heterocycles. The zero-order valence-corrected chi connectivity index (χ0v) is 15.2. The van der Waals surface area contributed by atoms with Crippen molar-refractivity contribution in [2.45, 2.75) is 13.0 Å². The van der Waals surface area contributed by atoms with E-state index in [9.17, 15) is 14.4 Å². The van der Waals surface area contributed by atoms with Gasteiger partial charge in [-0.1, -0.05) is 36.4 Å². The van der Waals surface area contributed by atoms with Gasteiger partial charge in [0.25, 0.3) is 0 Å². The number of rotatable bonds is 6. The number of ether oxygens (including phenoxy) is 1. The fraction of sp³-hybridized carbons (Fsp3) is 0.227. The molecule has 0 spiro atoms. The second-order valence-electron chi connectivity index (χ2n) is 6.85. The van der Waals surface area contributed by atoms with Crippen molar-refractivity contribution in [1.82, 2.24) is 4.90 Å². The fourth-order valence-corrected chi connectivity index (χ4v) is 3.37. The van der Waals surface area contributed by atoms with Crippen LogP contribution in [-0.2, 0) is 20.9 Å². The van der Waals surface area contributed by atoms with Crippen molar-refractivity contribution >= 4 is 28.4 Å². The van der Waals surface area contributed by atoms with E-state index in [1.54, 1.807) is 35.4 Å². The zero-order chi connectivity index (χ0) is 19.5. The van der Waals surface area contributed by atoms with E-state index in [0.29, 0.717) is 17.9 Å². The topological polar surface area (TPSA) is 76.8 Å². The lowest BCUT2D eigenvalue weighted by molar-refractivity contribution is -0.147. The predicted octanol–water partition coefficient (Wildman–Crippen LogP) is 3.21. The SMILES string of the molecule is O=C(COC(=O)C1CC(=O)N(Cc2ccco2)C1)c1ccc2ccccc2c1. The number of hydrogen-bond donors (Lipinski definition) is 0. The van der Waals surface area contributed by atoms with Crippen molar-refractivity contribution < 1.29 is 23.5 Å². The van der Waals surface area contributed by atoms with Crippen LogP contribution in [0.3, 0.4) is 0 Å². The molecule has 4 rings (SSSR count). The third-order valence-electron chi connectivity index (χ3n) is 4.89. The van der Waals surface area contributed by atoms with Crippen molar-refractivity contribution in [2.75, 3.05) is 13.2 Å². The van der Waals surface area contributed by atoms with Crippen molar-refractivity contribution in [1.29, 1.82) is 0 Å². The molecule has 1 fully saturated rings. The maximum Gasteiger partial charge on any atom is 0.311 e. The molecule has 2 heterocycles. The molecule has 28 heavy (non-hydrogen) atoms. The van der Waals surface area contributed by atoms with Crippen molar-refractivity contribution in [2.24, 2.45) is 5.92 Å². The minimum atomic E-state index is -0.563. The molecule has 1 aromatic heterocycles. The van der Waals surface area contributed by atoms with Gasteiger partial charge in [-0.3, -0.25) is 14.4 Å². The van der Waals surface area contributed by atoms with E-state index in [4.69, 9.17) is 9.15 Å². The highest BCUT2D eigenvalue weighted by Gasteiger charge is 2.35. The van der Waals surface area contributed by atoms with Gasteiger partial charge in [-0.2, -0.15) is 0 Å². The number of likely N-dealkylation sites (tertiary alicyclic amines) is 1. The van der Waals surface area contributed by atoms with E-state index in [1.807, 2.05) is 30.3 Å². The molecule has 6 nitrogen and oxygen atoms in total. The van der Waals surface area contributed by atoms with Gasteiger partial charge in [-0.05, 0) is 29.0 Å². The van der Waals surface area contributed by atoms with Gasteiger partial charge in [0.05, 0.1) is 18.7 Å². The van der Waals surface area contributed by atoms with Gasteiger partial charge in [0, 0.05) is 18.5 Å². The fourth-order valence-electron chi connectivity index (χ4n) is 3.37. The smallest absolute Gasteiger partial charge is 0.311 e. The summed E-state index contributed by atoms with van der Waals surface area (Å²) in [4.78, 5) is 38.4. The molecule has 1 aliphatic rings. The Balaban J connectivity index is 1.33. The molecule has 1 unspecified atom stereocenters. The summed E-state index contributed by atoms with van der Waals surface area (Å²) in [6.45, 7) is 0.258. The third-order valence-corrected chi connectivity index (χ3v) is 4.89. The van der Waals surface area contributed by atoms with Crippen molar-refractivity contribution in [3.05, 3.63) is 72.2 Å². The van der Waals surface area contributed by atoms with Crippen molar-refractivity contribution in [3.8, 4) is 0 Å². The van der Waals surface area contributed by atoms with Crippen LogP contribution in [0.15, 0.2) is 65.3 Å². The molecule has 3 aromatic rings. The number of esters is 1. The average molecular weight is 377 g/mol. The Hall–Kier alpha value is -3.41. The van der Waals surface area contributed by atoms with Crippen LogP contribution in [-0.4, -0.2) is 35.7 Å². The van der Waals surface area contributed by atoms with E-state index in [2.05, 4.69) is 0 Å². The lowest BCUT2D eigenvalue weighted by Crippen LogP contribution is -2.27. The van der Waals surface area contributed by atoms with E-state index in [0.717, 1.165) is 10.8 Å². The Morgan fingerprint density at radius 3 is 2.68 bits per heavy atom. The lowest BCUT2D eigenvalue weighted by atomic mass is 10.0. The van der Waals surface area contributed by atoms with Crippen molar-refractivity contribution in [3.63, 3.8) is 0 Å². The summed E-state index contributed by atoms with van der Waals surface area (Å²) in [7, 11) is 0. The van der Waals surface area contributed by atoms with Crippen LogP contribution in [0.25, 0.3) is 10.8 Å². The highest BCUT2D eigenvalue weighted by molar-refractivity contribution is 6.01. The first-order chi connectivity index (χ1) is 13.6. The van der Waals surface area contributed by atoms with Gasteiger partial charge in [0.15, 0.2) is 12.4 Å². The number of amides is 1. The molecule has 0 N–H and O–H groups in total. The van der Waals surface area contributed by atoms with Crippen LogP contribution < -0.4 is 0 Å². The minimum Gasteiger partial charge on any atom is -0.467 e. The molecule has 0 saturated carbocycles. The monoisotopic (exact) mass is 377 g/mol. The maximum atomic E-state index is 12.4.